The van der Waals surface area contributed by atoms with Crippen molar-refractivity contribution in [2.45, 2.75) is 45.8 Å². The van der Waals surface area contributed by atoms with E-state index >= 15 is 0 Å². The zero-order valence-corrected chi connectivity index (χ0v) is 14.8. The van der Waals surface area contributed by atoms with Crippen LogP contribution < -0.4 is 10.2 Å². The molecule has 118 valence electrons. The molecule has 0 radical (unpaired) electrons. The van der Waals surface area contributed by atoms with Gasteiger partial charge in [-0.25, -0.2) is 0 Å². The van der Waals surface area contributed by atoms with Crippen molar-refractivity contribution in [1.82, 2.24) is 5.32 Å². The highest BCUT2D eigenvalue weighted by atomic mass is 79.9. The van der Waals surface area contributed by atoms with E-state index < -0.39 is 0 Å². The van der Waals surface area contributed by atoms with Crippen molar-refractivity contribution in [1.29, 1.82) is 0 Å². The molecule has 0 bridgehead atoms. The van der Waals surface area contributed by atoms with E-state index in [2.05, 4.69) is 58.2 Å². The number of nitrogens with zero attached hydrogens (tertiary/aromatic N) is 1. The molecule has 1 aromatic rings. The molecule has 1 fully saturated rings. The molecule has 3 nitrogen and oxygen atoms in total. The summed E-state index contributed by atoms with van der Waals surface area (Å²) in [5.74, 6) is 0. The molecule has 0 amide bonds. The fraction of sp³-hybridized carbons (Fsp3) is 0.647. The second-order valence-corrected chi connectivity index (χ2v) is 6.55. The lowest BCUT2D eigenvalue weighted by Crippen LogP contribution is -2.40. The maximum Gasteiger partial charge on any atom is 0.0750 e. The van der Waals surface area contributed by atoms with Crippen LogP contribution >= 0.6 is 15.9 Å². The first-order valence-electron chi connectivity index (χ1n) is 8.10. The SMILES string of the molecule is CCCOC1CCCN(c2cc(Br)ccc2CNCC)C1. The van der Waals surface area contributed by atoms with E-state index in [1.165, 1.54) is 24.1 Å². The molecule has 0 aliphatic carbocycles. The van der Waals surface area contributed by atoms with Gasteiger partial charge in [-0.05, 0) is 43.5 Å². The molecular weight excluding hydrogens is 328 g/mol. The molecule has 21 heavy (non-hydrogen) atoms. The molecule has 1 aliphatic heterocycles. The van der Waals surface area contributed by atoms with Gasteiger partial charge in [0.05, 0.1) is 6.10 Å². The van der Waals surface area contributed by atoms with Gasteiger partial charge in [0.15, 0.2) is 0 Å². The quantitative estimate of drug-likeness (QED) is 0.801. The third-order valence-corrected chi connectivity index (χ3v) is 4.38. The van der Waals surface area contributed by atoms with E-state index in [1.54, 1.807) is 0 Å². The Morgan fingerprint density at radius 1 is 1.38 bits per heavy atom. The van der Waals surface area contributed by atoms with Gasteiger partial charge in [0, 0.05) is 36.4 Å². The molecule has 0 aromatic heterocycles. The second-order valence-electron chi connectivity index (χ2n) is 5.63. The maximum absolute atomic E-state index is 5.97. The lowest BCUT2D eigenvalue weighted by atomic mass is 10.0. The van der Waals surface area contributed by atoms with Gasteiger partial charge in [-0.2, -0.15) is 0 Å². The van der Waals surface area contributed by atoms with Gasteiger partial charge < -0.3 is 15.0 Å². The first-order valence-corrected chi connectivity index (χ1v) is 8.89. The normalized spacial score (nSPS) is 19.0. The van der Waals surface area contributed by atoms with Crippen molar-refractivity contribution in [3.63, 3.8) is 0 Å². The Hall–Kier alpha value is -0.580. The lowest BCUT2D eigenvalue weighted by molar-refractivity contribution is 0.0440. The standard InChI is InChI=1S/C17H27BrN2O/c1-3-10-21-16-6-5-9-20(13-16)17-11-15(18)8-7-14(17)12-19-4-2/h7-8,11,16,19H,3-6,9-10,12-13H2,1-2H3. The summed E-state index contributed by atoms with van der Waals surface area (Å²) < 4.78 is 7.11. The summed E-state index contributed by atoms with van der Waals surface area (Å²) in [6, 6.07) is 6.60. The average Bonchev–Trinajstić information content (AvgIpc) is 2.52. The number of nitrogens with one attached hydrogen (secondary N) is 1. The van der Waals surface area contributed by atoms with Crippen LogP contribution in [0, 0.1) is 0 Å². The van der Waals surface area contributed by atoms with Crippen LogP contribution in [-0.2, 0) is 11.3 Å². The van der Waals surface area contributed by atoms with E-state index in [9.17, 15) is 0 Å². The van der Waals surface area contributed by atoms with Crippen LogP contribution in [0.3, 0.4) is 0 Å². The number of rotatable bonds is 7. The Bertz CT molecular complexity index is 439. The van der Waals surface area contributed by atoms with Crippen LogP contribution in [0.15, 0.2) is 22.7 Å². The second kappa shape index (κ2) is 8.76. The van der Waals surface area contributed by atoms with E-state index in [0.29, 0.717) is 6.10 Å². The zero-order chi connectivity index (χ0) is 15.1. The summed E-state index contributed by atoms with van der Waals surface area (Å²) in [7, 11) is 0. The molecule has 2 rings (SSSR count). The van der Waals surface area contributed by atoms with Gasteiger partial charge in [0.25, 0.3) is 0 Å². The molecule has 0 saturated carbocycles. The third kappa shape index (κ3) is 4.97. The molecular formula is C17H27BrN2O. The molecule has 1 atom stereocenters. The minimum absolute atomic E-state index is 0.379. The highest BCUT2D eigenvalue weighted by molar-refractivity contribution is 9.10. The van der Waals surface area contributed by atoms with Crippen molar-refractivity contribution in [3.05, 3.63) is 28.2 Å². The molecule has 4 heteroatoms. The number of ether oxygens (including phenoxy) is 1. The molecule has 1 saturated heterocycles. The van der Waals surface area contributed by atoms with Gasteiger partial charge in [0.1, 0.15) is 0 Å². The summed E-state index contributed by atoms with van der Waals surface area (Å²) in [4.78, 5) is 2.49. The number of hydrogen-bond donors (Lipinski definition) is 1. The van der Waals surface area contributed by atoms with Crippen LogP contribution in [0.5, 0.6) is 0 Å². The summed E-state index contributed by atoms with van der Waals surface area (Å²) >= 11 is 3.61. The van der Waals surface area contributed by atoms with Crippen LogP contribution in [-0.4, -0.2) is 32.3 Å². The van der Waals surface area contributed by atoms with Crippen molar-refractivity contribution < 1.29 is 4.74 Å². The molecule has 1 aromatic carbocycles. The fourth-order valence-electron chi connectivity index (χ4n) is 2.82. The summed E-state index contributed by atoms with van der Waals surface area (Å²) in [6.07, 6.45) is 3.87. The molecule has 1 heterocycles. The van der Waals surface area contributed by atoms with Crippen molar-refractivity contribution >= 4 is 21.6 Å². The molecule has 1 N–H and O–H groups in total. The van der Waals surface area contributed by atoms with Crippen LogP contribution in [0.2, 0.25) is 0 Å². The van der Waals surface area contributed by atoms with E-state index in [4.69, 9.17) is 4.74 Å². The smallest absolute Gasteiger partial charge is 0.0750 e. The maximum atomic E-state index is 5.97. The Labute approximate surface area is 137 Å². The highest BCUT2D eigenvalue weighted by Crippen LogP contribution is 2.28. The Balaban J connectivity index is 2.09. The van der Waals surface area contributed by atoms with Gasteiger partial charge in [-0.15, -0.1) is 0 Å². The van der Waals surface area contributed by atoms with E-state index in [1.807, 2.05) is 0 Å². The van der Waals surface area contributed by atoms with E-state index in [0.717, 1.165) is 43.7 Å². The van der Waals surface area contributed by atoms with Crippen molar-refractivity contribution in [2.24, 2.45) is 0 Å². The summed E-state index contributed by atoms with van der Waals surface area (Å²) in [5, 5.41) is 3.44. The average molecular weight is 355 g/mol. The predicted molar refractivity (Wildman–Crippen MR) is 93.0 cm³/mol. The molecule has 1 unspecified atom stereocenters. The molecule has 0 spiro atoms. The Kier molecular flexibility index (Phi) is 7.00. The molecule has 1 aliphatic rings. The minimum Gasteiger partial charge on any atom is -0.376 e. The largest absolute Gasteiger partial charge is 0.376 e. The van der Waals surface area contributed by atoms with Gasteiger partial charge in [0.2, 0.25) is 0 Å². The zero-order valence-electron chi connectivity index (χ0n) is 13.2. The van der Waals surface area contributed by atoms with Crippen molar-refractivity contribution in [3.8, 4) is 0 Å². The number of anilines is 1. The number of piperidine rings is 1. The topological polar surface area (TPSA) is 24.5 Å². The van der Waals surface area contributed by atoms with Crippen LogP contribution in [0.1, 0.15) is 38.7 Å². The highest BCUT2D eigenvalue weighted by Gasteiger charge is 2.22. The lowest BCUT2D eigenvalue weighted by Gasteiger charge is -2.35. The Morgan fingerprint density at radius 3 is 3.00 bits per heavy atom. The number of hydrogen-bond acceptors (Lipinski definition) is 3. The monoisotopic (exact) mass is 354 g/mol. The number of halogens is 1. The summed E-state index contributed by atoms with van der Waals surface area (Å²) in [5.41, 5.74) is 2.71. The number of benzene rings is 1. The fourth-order valence-corrected chi connectivity index (χ4v) is 3.17. The van der Waals surface area contributed by atoms with Crippen LogP contribution in [0.25, 0.3) is 0 Å². The predicted octanol–water partition coefficient (Wildman–Crippen LogP) is 3.95. The van der Waals surface area contributed by atoms with Crippen LogP contribution in [0.4, 0.5) is 5.69 Å². The van der Waals surface area contributed by atoms with Crippen molar-refractivity contribution in [2.75, 3.05) is 31.1 Å². The third-order valence-electron chi connectivity index (χ3n) is 3.89. The van der Waals surface area contributed by atoms with Gasteiger partial charge in [-0.1, -0.05) is 35.8 Å². The van der Waals surface area contributed by atoms with Gasteiger partial charge in [-0.3, -0.25) is 0 Å². The van der Waals surface area contributed by atoms with Gasteiger partial charge >= 0.3 is 0 Å². The first kappa shape index (κ1) is 16.8. The van der Waals surface area contributed by atoms with E-state index in [-0.39, 0.29) is 0 Å². The first-order chi connectivity index (χ1) is 10.2. The summed E-state index contributed by atoms with van der Waals surface area (Å²) in [6.45, 7) is 9.25. The minimum atomic E-state index is 0.379. The Morgan fingerprint density at radius 2 is 2.24 bits per heavy atom.